The molecular weight excluding hydrogens is 453 g/mol. The molecule has 1 saturated heterocycles. The zero-order valence-electron chi connectivity index (χ0n) is 18.7. The molecule has 34 heavy (non-hydrogen) atoms. The van der Waals surface area contributed by atoms with Crippen LogP contribution in [0, 0.1) is 19.7 Å². The van der Waals surface area contributed by atoms with E-state index < -0.39 is 10.7 Å². The molecule has 0 radical (unpaired) electrons. The molecule has 0 aliphatic carbocycles. The maximum Gasteiger partial charge on any atom is 0.269 e. The van der Waals surface area contributed by atoms with Crippen LogP contribution >= 0.6 is 11.8 Å². The smallest absolute Gasteiger partial charge is 0.269 e. The molecule has 1 atom stereocenters. The molecule has 5 rings (SSSR count). The summed E-state index contributed by atoms with van der Waals surface area (Å²) in [5.41, 5.74) is 4.36. The number of carbonyl (C=O) groups is 3. The molecular formula is C26H22FN3O3S. The number of benzene rings is 3. The Morgan fingerprint density at radius 3 is 2.41 bits per heavy atom. The summed E-state index contributed by atoms with van der Waals surface area (Å²) in [6, 6.07) is 18.4. The number of fused-ring (bicyclic) bond motifs is 2. The van der Waals surface area contributed by atoms with Gasteiger partial charge in [0.15, 0.2) is 0 Å². The van der Waals surface area contributed by atoms with Crippen LogP contribution in [-0.2, 0) is 19.3 Å². The highest BCUT2D eigenvalue weighted by atomic mass is 32.2. The van der Waals surface area contributed by atoms with Gasteiger partial charge in [-0.25, -0.2) is 4.39 Å². The fourth-order valence-corrected chi connectivity index (χ4v) is 6.05. The van der Waals surface area contributed by atoms with Crippen molar-refractivity contribution in [3.05, 3.63) is 89.2 Å². The van der Waals surface area contributed by atoms with Crippen LogP contribution in [-0.4, -0.2) is 30.0 Å². The highest BCUT2D eigenvalue weighted by Crippen LogP contribution is 2.55. The van der Waals surface area contributed by atoms with Crippen molar-refractivity contribution in [2.75, 3.05) is 27.4 Å². The fraction of sp³-hybridized carbons (Fsp3) is 0.192. The molecule has 2 aliphatic rings. The molecule has 3 aromatic rings. The van der Waals surface area contributed by atoms with Crippen LogP contribution in [0.15, 0.2) is 66.7 Å². The third-order valence-corrected chi connectivity index (χ3v) is 7.34. The maximum absolute atomic E-state index is 13.9. The molecule has 0 aromatic heterocycles. The Morgan fingerprint density at radius 1 is 1.03 bits per heavy atom. The zero-order valence-corrected chi connectivity index (χ0v) is 19.5. The molecule has 6 nitrogen and oxygen atoms in total. The van der Waals surface area contributed by atoms with Crippen molar-refractivity contribution >= 4 is 46.5 Å². The van der Waals surface area contributed by atoms with Gasteiger partial charge in [-0.2, -0.15) is 0 Å². The van der Waals surface area contributed by atoms with E-state index in [1.165, 1.54) is 45.8 Å². The number of anilines is 3. The Balaban J connectivity index is 1.50. The first-order chi connectivity index (χ1) is 16.3. The molecule has 1 fully saturated rings. The van der Waals surface area contributed by atoms with Crippen molar-refractivity contribution in [3.63, 3.8) is 0 Å². The second-order valence-corrected chi connectivity index (χ2v) is 9.64. The zero-order chi connectivity index (χ0) is 24.0. The SMILES string of the molecule is Cc1cc(C)cc(NC(=O)CN2C(=O)[C@]3(SCC(=O)N3c3ccc(F)cc3)c3ccccc32)c1. The summed E-state index contributed by atoms with van der Waals surface area (Å²) >= 11 is 1.22. The predicted octanol–water partition coefficient (Wildman–Crippen LogP) is 4.36. The van der Waals surface area contributed by atoms with Crippen molar-refractivity contribution in [1.82, 2.24) is 0 Å². The Labute approximate surface area is 200 Å². The quantitative estimate of drug-likeness (QED) is 0.609. The van der Waals surface area contributed by atoms with E-state index in [0.717, 1.165) is 11.1 Å². The summed E-state index contributed by atoms with van der Waals surface area (Å²) in [6.45, 7) is 3.70. The molecule has 2 aliphatic heterocycles. The minimum atomic E-state index is -1.34. The van der Waals surface area contributed by atoms with Gasteiger partial charge in [-0.1, -0.05) is 24.3 Å². The van der Waals surface area contributed by atoms with E-state index >= 15 is 0 Å². The molecule has 3 amide bonds. The fourth-order valence-electron chi connectivity index (χ4n) is 4.69. The molecule has 8 heteroatoms. The molecule has 0 unspecified atom stereocenters. The number of rotatable bonds is 4. The molecule has 3 aromatic carbocycles. The summed E-state index contributed by atoms with van der Waals surface area (Å²) in [5.74, 6) is -1.29. The van der Waals surface area contributed by atoms with Crippen LogP contribution in [0.1, 0.15) is 16.7 Å². The number of carbonyl (C=O) groups excluding carboxylic acids is 3. The van der Waals surface area contributed by atoms with Gasteiger partial charge in [-0.3, -0.25) is 24.2 Å². The van der Waals surface area contributed by atoms with Gasteiger partial charge in [0.25, 0.3) is 5.91 Å². The van der Waals surface area contributed by atoms with E-state index in [0.29, 0.717) is 22.6 Å². The Hall–Kier alpha value is -3.65. The summed E-state index contributed by atoms with van der Waals surface area (Å²) in [5, 5.41) is 2.88. The van der Waals surface area contributed by atoms with Crippen molar-refractivity contribution in [1.29, 1.82) is 0 Å². The summed E-state index contributed by atoms with van der Waals surface area (Å²) < 4.78 is 13.6. The second kappa shape index (κ2) is 8.29. The standard InChI is InChI=1S/C26H22FN3O3S/c1-16-11-17(2)13-19(12-16)28-23(31)14-29-22-6-4-3-5-21(22)26(25(29)33)30(24(32)15-34-26)20-9-7-18(27)8-10-20/h3-13H,14-15H2,1-2H3,(H,28,31)/t26-/m1/s1. The van der Waals surface area contributed by atoms with Gasteiger partial charge >= 0.3 is 0 Å². The van der Waals surface area contributed by atoms with Gasteiger partial charge in [0.1, 0.15) is 12.4 Å². The van der Waals surface area contributed by atoms with Crippen LogP contribution in [0.3, 0.4) is 0 Å². The number of hydrogen-bond acceptors (Lipinski definition) is 4. The van der Waals surface area contributed by atoms with Gasteiger partial charge in [-0.05, 0) is 67.4 Å². The summed E-state index contributed by atoms with van der Waals surface area (Å²) in [6.07, 6.45) is 0. The largest absolute Gasteiger partial charge is 0.325 e. The topological polar surface area (TPSA) is 69.7 Å². The van der Waals surface area contributed by atoms with E-state index in [4.69, 9.17) is 0 Å². The molecule has 2 heterocycles. The minimum absolute atomic E-state index is 0.0973. The molecule has 172 valence electrons. The number of nitrogens with zero attached hydrogens (tertiary/aromatic N) is 2. The third-order valence-electron chi connectivity index (χ3n) is 5.96. The Morgan fingerprint density at radius 2 is 1.71 bits per heavy atom. The van der Waals surface area contributed by atoms with Crippen LogP contribution in [0.25, 0.3) is 0 Å². The second-order valence-electron chi connectivity index (χ2n) is 8.47. The van der Waals surface area contributed by atoms with Crippen molar-refractivity contribution < 1.29 is 18.8 Å². The van der Waals surface area contributed by atoms with E-state index in [-0.39, 0.29) is 30.0 Å². The normalized spacial score (nSPS) is 19.1. The van der Waals surface area contributed by atoms with Gasteiger partial charge in [0.05, 0.1) is 11.4 Å². The first-order valence-corrected chi connectivity index (χ1v) is 11.8. The number of para-hydroxylation sites is 1. The van der Waals surface area contributed by atoms with Crippen LogP contribution < -0.4 is 15.1 Å². The van der Waals surface area contributed by atoms with E-state index in [2.05, 4.69) is 5.32 Å². The Bertz CT molecular complexity index is 1310. The number of thioether (sulfide) groups is 1. The number of halogens is 1. The number of hydrogen-bond donors (Lipinski definition) is 1. The lowest BCUT2D eigenvalue weighted by atomic mass is 10.0. The van der Waals surface area contributed by atoms with Gasteiger partial charge in [-0.15, -0.1) is 11.8 Å². The average Bonchev–Trinajstić information content (AvgIpc) is 3.25. The molecule has 1 N–H and O–H groups in total. The first kappa shape index (κ1) is 22.2. The monoisotopic (exact) mass is 475 g/mol. The summed E-state index contributed by atoms with van der Waals surface area (Å²) in [4.78, 5) is 41.4. The minimum Gasteiger partial charge on any atom is -0.325 e. The van der Waals surface area contributed by atoms with Crippen LogP contribution in [0.2, 0.25) is 0 Å². The van der Waals surface area contributed by atoms with E-state index in [1.54, 1.807) is 24.3 Å². The lowest BCUT2D eigenvalue weighted by molar-refractivity contribution is -0.124. The average molecular weight is 476 g/mol. The predicted molar refractivity (Wildman–Crippen MR) is 131 cm³/mol. The van der Waals surface area contributed by atoms with Crippen LogP contribution in [0.4, 0.5) is 21.5 Å². The lowest BCUT2D eigenvalue weighted by Crippen LogP contribution is -2.50. The third kappa shape index (κ3) is 3.54. The molecule has 1 spiro atoms. The molecule has 0 bridgehead atoms. The van der Waals surface area contributed by atoms with Gasteiger partial charge in [0, 0.05) is 16.9 Å². The number of aryl methyl sites for hydroxylation is 2. The van der Waals surface area contributed by atoms with Crippen molar-refractivity contribution in [2.45, 2.75) is 18.7 Å². The van der Waals surface area contributed by atoms with Crippen LogP contribution in [0.5, 0.6) is 0 Å². The van der Waals surface area contributed by atoms with Gasteiger partial charge in [0.2, 0.25) is 16.7 Å². The van der Waals surface area contributed by atoms with E-state index in [1.807, 2.05) is 32.0 Å². The molecule has 0 saturated carbocycles. The van der Waals surface area contributed by atoms with E-state index in [9.17, 15) is 18.8 Å². The first-order valence-electron chi connectivity index (χ1n) is 10.8. The maximum atomic E-state index is 13.9. The van der Waals surface area contributed by atoms with Crippen molar-refractivity contribution in [2.24, 2.45) is 0 Å². The lowest BCUT2D eigenvalue weighted by Gasteiger charge is -2.33. The van der Waals surface area contributed by atoms with Crippen molar-refractivity contribution in [3.8, 4) is 0 Å². The summed E-state index contributed by atoms with van der Waals surface area (Å²) in [7, 11) is 0. The number of amides is 3. The van der Waals surface area contributed by atoms with Gasteiger partial charge < -0.3 is 5.32 Å². The highest BCUT2D eigenvalue weighted by Gasteiger charge is 2.61. The number of nitrogens with one attached hydrogen (secondary N) is 1. The Kier molecular flexibility index (Phi) is 5.40. The highest BCUT2D eigenvalue weighted by molar-refractivity contribution is 8.02.